The molecule has 1 heterocycles. The lowest BCUT2D eigenvalue weighted by atomic mass is 10.1. The Morgan fingerprint density at radius 1 is 0.857 bits per heavy atom. The summed E-state index contributed by atoms with van der Waals surface area (Å²) >= 11 is 1.70. The quantitative estimate of drug-likeness (QED) is 0.518. The molecule has 0 radical (unpaired) electrons. The molecular formula is C21H24N2O4S. The molecule has 3 rings (SSSR count). The number of ether oxygens (including phenoxy) is 3. The standard InChI is InChI=1S/C21H24N2O4S/c1-12-7-13(2)20(14(3)8-12)28-11-18-22-23-21(27-18)15-9-16(24-4)19(26-6)17(10-15)25-5/h7-10H,11H2,1-6H3. The van der Waals surface area contributed by atoms with Gasteiger partial charge in [0.05, 0.1) is 27.1 Å². The number of hydrogen-bond donors (Lipinski definition) is 0. The van der Waals surface area contributed by atoms with E-state index in [0.29, 0.717) is 40.3 Å². The van der Waals surface area contributed by atoms with Crippen molar-refractivity contribution in [1.29, 1.82) is 0 Å². The number of thioether (sulfide) groups is 1. The number of methoxy groups -OCH3 is 3. The summed E-state index contributed by atoms with van der Waals surface area (Å²) in [5.74, 6) is 3.17. The molecule has 0 saturated carbocycles. The Morgan fingerprint density at radius 2 is 1.46 bits per heavy atom. The second kappa shape index (κ2) is 8.56. The average Bonchev–Trinajstić information content (AvgIpc) is 3.14. The number of nitrogens with zero attached hydrogens (tertiary/aromatic N) is 2. The van der Waals surface area contributed by atoms with Crippen molar-refractivity contribution in [2.45, 2.75) is 31.4 Å². The van der Waals surface area contributed by atoms with Gasteiger partial charge < -0.3 is 18.6 Å². The van der Waals surface area contributed by atoms with Crippen molar-refractivity contribution in [1.82, 2.24) is 10.2 Å². The topological polar surface area (TPSA) is 66.6 Å². The molecule has 0 atom stereocenters. The molecule has 1 aromatic heterocycles. The van der Waals surface area contributed by atoms with Gasteiger partial charge in [-0.05, 0) is 44.0 Å². The third-order valence-electron chi connectivity index (χ3n) is 4.32. The summed E-state index contributed by atoms with van der Waals surface area (Å²) in [5.41, 5.74) is 4.49. The summed E-state index contributed by atoms with van der Waals surface area (Å²) in [5, 5.41) is 8.37. The third kappa shape index (κ3) is 4.09. The number of rotatable bonds is 7. The van der Waals surface area contributed by atoms with E-state index in [0.717, 1.165) is 0 Å². The minimum atomic E-state index is 0.409. The average molecular weight is 401 g/mol. The molecular weight excluding hydrogens is 376 g/mol. The summed E-state index contributed by atoms with van der Waals surface area (Å²) in [7, 11) is 4.71. The maximum atomic E-state index is 5.87. The van der Waals surface area contributed by atoms with Crippen LogP contribution < -0.4 is 14.2 Å². The molecule has 3 aromatic rings. The zero-order chi connectivity index (χ0) is 20.3. The van der Waals surface area contributed by atoms with E-state index in [1.807, 2.05) is 0 Å². The van der Waals surface area contributed by atoms with Crippen LogP contribution >= 0.6 is 11.8 Å². The Hall–Kier alpha value is -2.67. The lowest BCUT2D eigenvalue weighted by Gasteiger charge is -2.12. The minimum absolute atomic E-state index is 0.409. The highest BCUT2D eigenvalue weighted by atomic mass is 32.2. The molecule has 0 aliphatic rings. The van der Waals surface area contributed by atoms with E-state index in [1.165, 1.54) is 21.6 Å². The van der Waals surface area contributed by atoms with Crippen LogP contribution in [-0.2, 0) is 5.75 Å². The Balaban J connectivity index is 1.83. The lowest BCUT2D eigenvalue weighted by molar-refractivity contribution is 0.324. The monoisotopic (exact) mass is 400 g/mol. The molecule has 0 aliphatic heterocycles. The highest BCUT2D eigenvalue weighted by molar-refractivity contribution is 7.98. The van der Waals surface area contributed by atoms with Crippen LogP contribution in [0.5, 0.6) is 17.2 Å². The number of aromatic nitrogens is 2. The van der Waals surface area contributed by atoms with Gasteiger partial charge in [0.1, 0.15) is 0 Å². The fourth-order valence-electron chi connectivity index (χ4n) is 3.16. The maximum absolute atomic E-state index is 5.87. The summed E-state index contributed by atoms with van der Waals surface area (Å²) in [6.45, 7) is 6.35. The Morgan fingerprint density at radius 3 is 2.00 bits per heavy atom. The molecule has 7 heteroatoms. The molecule has 0 amide bonds. The van der Waals surface area contributed by atoms with Gasteiger partial charge in [-0.15, -0.1) is 22.0 Å². The number of aryl methyl sites for hydroxylation is 3. The predicted octanol–water partition coefficient (Wildman–Crippen LogP) is 4.98. The van der Waals surface area contributed by atoms with Gasteiger partial charge in [-0.3, -0.25) is 0 Å². The van der Waals surface area contributed by atoms with Crippen LogP contribution in [0.25, 0.3) is 11.5 Å². The first-order valence-corrected chi connectivity index (χ1v) is 9.78. The predicted molar refractivity (Wildman–Crippen MR) is 110 cm³/mol. The van der Waals surface area contributed by atoms with Gasteiger partial charge in [0.2, 0.25) is 17.5 Å². The Bertz CT molecular complexity index is 936. The first-order chi connectivity index (χ1) is 13.5. The normalized spacial score (nSPS) is 10.8. The molecule has 0 aliphatic carbocycles. The Kier molecular flexibility index (Phi) is 6.14. The van der Waals surface area contributed by atoms with Crippen molar-refractivity contribution in [3.63, 3.8) is 0 Å². The fraction of sp³-hybridized carbons (Fsp3) is 0.333. The van der Waals surface area contributed by atoms with Gasteiger partial charge in [0.15, 0.2) is 11.5 Å². The largest absolute Gasteiger partial charge is 0.493 e. The van der Waals surface area contributed by atoms with E-state index in [2.05, 4.69) is 43.1 Å². The molecule has 0 saturated heterocycles. The van der Waals surface area contributed by atoms with E-state index < -0.39 is 0 Å². The van der Waals surface area contributed by atoms with Gasteiger partial charge >= 0.3 is 0 Å². The van der Waals surface area contributed by atoms with E-state index in [-0.39, 0.29) is 0 Å². The second-order valence-electron chi connectivity index (χ2n) is 6.43. The van der Waals surface area contributed by atoms with Crippen LogP contribution in [0.4, 0.5) is 0 Å². The summed E-state index contributed by atoms with van der Waals surface area (Å²) in [6.07, 6.45) is 0. The van der Waals surface area contributed by atoms with Gasteiger partial charge in [0.25, 0.3) is 0 Å². The molecule has 148 valence electrons. The molecule has 0 fully saturated rings. The number of benzene rings is 2. The van der Waals surface area contributed by atoms with Crippen molar-refractivity contribution in [2.75, 3.05) is 21.3 Å². The smallest absolute Gasteiger partial charge is 0.248 e. The van der Waals surface area contributed by atoms with Gasteiger partial charge in [-0.2, -0.15) is 0 Å². The molecule has 2 aromatic carbocycles. The van der Waals surface area contributed by atoms with Gasteiger partial charge in [-0.1, -0.05) is 17.7 Å². The zero-order valence-corrected chi connectivity index (χ0v) is 17.8. The van der Waals surface area contributed by atoms with Crippen molar-refractivity contribution < 1.29 is 18.6 Å². The van der Waals surface area contributed by atoms with Crippen molar-refractivity contribution >= 4 is 11.8 Å². The number of hydrogen-bond acceptors (Lipinski definition) is 7. The van der Waals surface area contributed by atoms with E-state index in [1.54, 1.807) is 45.2 Å². The van der Waals surface area contributed by atoms with E-state index >= 15 is 0 Å². The molecule has 28 heavy (non-hydrogen) atoms. The second-order valence-corrected chi connectivity index (χ2v) is 7.42. The van der Waals surface area contributed by atoms with Crippen LogP contribution in [-0.4, -0.2) is 31.5 Å². The first-order valence-electron chi connectivity index (χ1n) is 8.80. The van der Waals surface area contributed by atoms with Crippen LogP contribution in [0.1, 0.15) is 22.6 Å². The van der Waals surface area contributed by atoms with Crippen molar-refractivity contribution in [3.8, 4) is 28.7 Å². The SMILES string of the molecule is COc1cc(-c2nnc(CSc3c(C)cc(C)cc3C)o2)cc(OC)c1OC. The third-order valence-corrected chi connectivity index (χ3v) is 5.65. The maximum Gasteiger partial charge on any atom is 0.248 e. The lowest BCUT2D eigenvalue weighted by Crippen LogP contribution is -1.95. The highest BCUT2D eigenvalue weighted by Gasteiger charge is 2.18. The van der Waals surface area contributed by atoms with Crippen LogP contribution in [0.3, 0.4) is 0 Å². The van der Waals surface area contributed by atoms with Crippen LogP contribution in [0.2, 0.25) is 0 Å². The summed E-state index contributed by atoms with van der Waals surface area (Å²) in [6, 6.07) is 7.95. The summed E-state index contributed by atoms with van der Waals surface area (Å²) in [4.78, 5) is 1.25. The highest BCUT2D eigenvalue weighted by Crippen LogP contribution is 2.41. The molecule has 0 N–H and O–H groups in total. The molecule has 0 bridgehead atoms. The first kappa shape index (κ1) is 20.1. The van der Waals surface area contributed by atoms with E-state index in [9.17, 15) is 0 Å². The zero-order valence-electron chi connectivity index (χ0n) is 17.0. The van der Waals surface area contributed by atoms with Crippen molar-refractivity contribution in [3.05, 3.63) is 46.8 Å². The van der Waals surface area contributed by atoms with Gasteiger partial charge in [-0.25, -0.2) is 0 Å². The van der Waals surface area contributed by atoms with Gasteiger partial charge in [0, 0.05) is 10.5 Å². The fourth-order valence-corrected chi connectivity index (χ4v) is 4.12. The minimum Gasteiger partial charge on any atom is -0.493 e. The Labute approximate surface area is 169 Å². The summed E-state index contributed by atoms with van der Waals surface area (Å²) < 4.78 is 22.0. The molecule has 0 spiro atoms. The van der Waals surface area contributed by atoms with Crippen LogP contribution in [0.15, 0.2) is 33.6 Å². The van der Waals surface area contributed by atoms with E-state index in [4.69, 9.17) is 18.6 Å². The van der Waals surface area contributed by atoms with Crippen LogP contribution in [0, 0.1) is 20.8 Å². The van der Waals surface area contributed by atoms with Crippen molar-refractivity contribution in [2.24, 2.45) is 0 Å². The molecule has 0 unspecified atom stereocenters. The molecule has 6 nitrogen and oxygen atoms in total.